The molecule has 0 bridgehead atoms. The van der Waals surface area contributed by atoms with Crippen LogP contribution in [0.3, 0.4) is 0 Å². The van der Waals surface area contributed by atoms with E-state index in [1.807, 2.05) is 12.2 Å². The summed E-state index contributed by atoms with van der Waals surface area (Å²) < 4.78 is 68.5. The molecule has 17 nitrogen and oxygen atoms in total. The summed E-state index contributed by atoms with van der Waals surface area (Å²) in [6.45, 7) is 4.81. The van der Waals surface area contributed by atoms with Gasteiger partial charge in [0.2, 0.25) is 0 Å². The fraction of sp³-hybridized carbons (Fsp3) is 0.802. The van der Waals surface area contributed by atoms with Crippen LogP contribution < -0.4 is 0 Å². The number of carbonyl (C=O) groups is 4. The monoisotopic (exact) mass is 1450 g/mol. The largest absolute Gasteiger partial charge is 0.472 e. The van der Waals surface area contributed by atoms with E-state index in [0.717, 1.165) is 116 Å². The Hall–Kier alpha value is -3.50. The van der Waals surface area contributed by atoms with Crippen LogP contribution >= 0.6 is 15.6 Å². The number of allylic oxidation sites excluding steroid dienone is 12. The number of ether oxygens (including phenoxy) is 4. The van der Waals surface area contributed by atoms with E-state index in [9.17, 15) is 43.2 Å². The Bertz CT molecular complexity index is 2180. The minimum atomic E-state index is -4.98. The molecule has 0 saturated heterocycles. The van der Waals surface area contributed by atoms with Crippen molar-refractivity contribution in [3.05, 3.63) is 72.9 Å². The van der Waals surface area contributed by atoms with Crippen molar-refractivity contribution in [2.45, 2.75) is 380 Å². The highest BCUT2D eigenvalue weighted by atomic mass is 31.2. The summed E-state index contributed by atoms with van der Waals surface area (Å²) in [7, 11) is -9.96. The molecule has 0 aromatic carbocycles. The smallest absolute Gasteiger partial charge is 0.462 e. The molecule has 3 N–H and O–H groups in total. The van der Waals surface area contributed by atoms with Gasteiger partial charge in [-0.1, -0.05) is 312 Å². The first-order valence-electron chi connectivity index (χ1n) is 40.2. The summed E-state index contributed by atoms with van der Waals surface area (Å²) in [5.74, 6) is -2.22. The molecule has 0 spiro atoms. The van der Waals surface area contributed by atoms with E-state index < -0.39 is 97.5 Å². The van der Waals surface area contributed by atoms with Crippen molar-refractivity contribution >= 4 is 39.5 Å². The van der Waals surface area contributed by atoms with Gasteiger partial charge in [0.05, 0.1) is 26.4 Å². The molecule has 0 aliphatic heterocycles. The van der Waals surface area contributed by atoms with Gasteiger partial charge in [0.1, 0.15) is 19.3 Å². The fourth-order valence-electron chi connectivity index (χ4n) is 11.0. The molecule has 5 atom stereocenters. The first-order valence-corrected chi connectivity index (χ1v) is 43.2. The third kappa shape index (κ3) is 72.8. The average Bonchev–Trinajstić information content (AvgIpc) is 0.965. The molecule has 0 rings (SSSR count). The zero-order valence-electron chi connectivity index (χ0n) is 63.6. The molecule has 0 fully saturated rings. The molecule has 0 aliphatic carbocycles. The van der Waals surface area contributed by atoms with Crippen LogP contribution in [-0.2, 0) is 65.4 Å². The molecule has 0 amide bonds. The van der Waals surface area contributed by atoms with E-state index in [-0.39, 0.29) is 25.7 Å². The van der Waals surface area contributed by atoms with E-state index in [1.54, 1.807) is 0 Å². The van der Waals surface area contributed by atoms with Gasteiger partial charge >= 0.3 is 39.5 Å². The van der Waals surface area contributed by atoms with Crippen LogP contribution in [0.15, 0.2) is 72.9 Å². The van der Waals surface area contributed by atoms with E-state index in [2.05, 4.69) is 88.5 Å². The van der Waals surface area contributed by atoms with Crippen molar-refractivity contribution in [2.24, 2.45) is 0 Å². The fourth-order valence-corrected chi connectivity index (χ4v) is 12.6. The average molecular weight is 1450 g/mol. The highest BCUT2D eigenvalue weighted by molar-refractivity contribution is 7.47. The molecular formula is C81H146O17P2. The molecule has 0 radical (unpaired) electrons. The van der Waals surface area contributed by atoms with Crippen molar-refractivity contribution in [3.8, 4) is 0 Å². The molecule has 0 aromatic heterocycles. The summed E-state index contributed by atoms with van der Waals surface area (Å²) in [4.78, 5) is 72.9. The van der Waals surface area contributed by atoms with Gasteiger partial charge in [-0.3, -0.25) is 37.3 Å². The predicted molar refractivity (Wildman–Crippen MR) is 409 cm³/mol. The number of phosphoric ester groups is 2. The van der Waals surface area contributed by atoms with E-state index >= 15 is 0 Å². The second kappa shape index (κ2) is 73.8. The number of hydrogen-bond acceptors (Lipinski definition) is 15. The Labute approximate surface area is 609 Å². The number of unbranched alkanes of at least 4 members (excludes halogenated alkanes) is 38. The number of aliphatic hydroxyl groups excluding tert-OH is 1. The maximum Gasteiger partial charge on any atom is 0.472 e. The Morgan fingerprint density at radius 3 is 0.810 bits per heavy atom. The van der Waals surface area contributed by atoms with E-state index in [1.165, 1.54) is 161 Å². The Kier molecular flexibility index (Phi) is 71.2. The Morgan fingerprint density at radius 1 is 0.280 bits per heavy atom. The number of rotatable bonds is 76. The molecule has 0 saturated carbocycles. The maximum absolute atomic E-state index is 13.1. The SMILES string of the molecule is CCCCC/C=C\C/C=C\C/C=C\C/C=C\CCCC(=O)OC[C@H](COP(=O)(O)OC[C@@H](O)COP(=O)(O)OC[C@@H](COC(=O)CCCCCCCCCCCCCCCCC)OC(=O)CCCCCCC/C=C\C/C=C\CCCCC)OC(=O)CCCCCCCCCCCCCCC. The van der Waals surface area contributed by atoms with Crippen LogP contribution in [0.2, 0.25) is 0 Å². The van der Waals surface area contributed by atoms with Crippen molar-refractivity contribution in [1.82, 2.24) is 0 Å². The summed E-state index contributed by atoms with van der Waals surface area (Å²) >= 11 is 0. The lowest BCUT2D eigenvalue weighted by atomic mass is 10.0. The highest BCUT2D eigenvalue weighted by Gasteiger charge is 2.30. The lowest BCUT2D eigenvalue weighted by Gasteiger charge is -2.21. The van der Waals surface area contributed by atoms with E-state index in [0.29, 0.717) is 32.1 Å². The highest BCUT2D eigenvalue weighted by Crippen LogP contribution is 2.45. The third-order valence-electron chi connectivity index (χ3n) is 17.2. The van der Waals surface area contributed by atoms with Gasteiger partial charge < -0.3 is 33.8 Å². The Morgan fingerprint density at radius 2 is 0.500 bits per heavy atom. The summed E-state index contributed by atoms with van der Waals surface area (Å²) in [5.41, 5.74) is 0. The minimum absolute atomic E-state index is 0.0824. The van der Waals surface area contributed by atoms with Crippen LogP contribution in [0.1, 0.15) is 362 Å². The number of hydrogen-bond donors (Lipinski definition) is 3. The molecule has 2 unspecified atom stereocenters. The Balaban J connectivity index is 5.37. The lowest BCUT2D eigenvalue weighted by molar-refractivity contribution is -0.161. The number of aliphatic hydroxyl groups is 1. The van der Waals surface area contributed by atoms with Gasteiger partial charge in [-0.25, -0.2) is 9.13 Å². The van der Waals surface area contributed by atoms with Gasteiger partial charge in [0.15, 0.2) is 12.2 Å². The number of esters is 4. The number of phosphoric acid groups is 2. The summed E-state index contributed by atoms with van der Waals surface area (Å²) in [6, 6.07) is 0. The predicted octanol–water partition coefficient (Wildman–Crippen LogP) is 23.2. The van der Waals surface area contributed by atoms with Crippen LogP contribution in [0, 0.1) is 0 Å². The zero-order valence-corrected chi connectivity index (χ0v) is 65.4. The maximum atomic E-state index is 13.1. The van der Waals surface area contributed by atoms with Crippen LogP contribution in [0.5, 0.6) is 0 Å². The molecule has 582 valence electrons. The lowest BCUT2D eigenvalue weighted by Crippen LogP contribution is -2.30. The van der Waals surface area contributed by atoms with Crippen LogP contribution in [0.4, 0.5) is 0 Å². The number of carbonyl (C=O) groups excluding carboxylic acids is 4. The summed E-state index contributed by atoms with van der Waals surface area (Å²) in [6.07, 6.45) is 74.5. The molecule has 0 aromatic rings. The van der Waals surface area contributed by atoms with E-state index in [4.69, 9.17) is 37.0 Å². The molecule has 0 aliphatic rings. The zero-order chi connectivity index (χ0) is 73.2. The standard InChI is InChI=1S/C81H146O17P2/c1-5-9-13-17-21-25-29-33-36-37-40-43-46-50-54-58-62-66-79(84)92-71-76(97-80(85)67-63-59-55-51-47-41-32-28-24-20-16-12-8-4)73-95-99(87,88)93-69-75(82)70-94-100(89,90)96-74-77(98-81(86)68-64-60-56-52-48-44-39-35-31-27-23-19-15-11-7-3)72-91-78(83)65-61-57-53-49-45-42-38-34-30-26-22-18-14-10-6-2/h21,23,25,27,33,35-36,39-40,43,50,54,75-77,82H,5-20,22,24,26,28-32,34,37-38,41-42,44-49,51-53,55-74H2,1-4H3,(H,87,88)(H,89,90)/b25-21-,27-23-,36-33-,39-35-,43-40-,54-50-/t75-,76-,77-/m1/s1. The second-order valence-electron chi connectivity index (χ2n) is 27.0. The van der Waals surface area contributed by atoms with Crippen LogP contribution in [0.25, 0.3) is 0 Å². The van der Waals surface area contributed by atoms with Gasteiger partial charge in [0, 0.05) is 25.7 Å². The molecule has 0 heterocycles. The third-order valence-corrected chi connectivity index (χ3v) is 19.1. The molecule has 19 heteroatoms. The quantitative estimate of drug-likeness (QED) is 0.0169. The topological polar surface area (TPSA) is 237 Å². The molecular weight excluding hydrogens is 1310 g/mol. The molecule has 100 heavy (non-hydrogen) atoms. The van der Waals surface area contributed by atoms with Gasteiger partial charge in [-0.15, -0.1) is 0 Å². The van der Waals surface area contributed by atoms with Gasteiger partial charge in [0.25, 0.3) is 0 Å². The minimum Gasteiger partial charge on any atom is -0.462 e. The first kappa shape index (κ1) is 96.5. The van der Waals surface area contributed by atoms with Gasteiger partial charge in [-0.05, 0) is 96.3 Å². The van der Waals surface area contributed by atoms with Crippen molar-refractivity contribution in [1.29, 1.82) is 0 Å². The van der Waals surface area contributed by atoms with Crippen molar-refractivity contribution in [3.63, 3.8) is 0 Å². The van der Waals surface area contributed by atoms with Crippen LogP contribution in [-0.4, -0.2) is 96.7 Å². The van der Waals surface area contributed by atoms with Crippen molar-refractivity contribution in [2.75, 3.05) is 39.6 Å². The summed E-state index contributed by atoms with van der Waals surface area (Å²) in [5, 5.41) is 10.6. The first-order chi connectivity index (χ1) is 48.7. The second-order valence-corrected chi connectivity index (χ2v) is 29.9. The normalized spacial score (nSPS) is 14.3. The van der Waals surface area contributed by atoms with Gasteiger partial charge in [-0.2, -0.15) is 0 Å². The van der Waals surface area contributed by atoms with Crippen molar-refractivity contribution < 1.29 is 80.2 Å².